The Morgan fingerprint density at radius 3 is 2.88 bits per heavy atom. The lowest BCUT2D eigenvalue weighted by Gasteiger charge is -2.12. The molecule has 0 fully saturated rings. The summed E-state index contributed by atoms with van der Waals surface area (Å²) in [6, 6.07) is 1.81. The highest BCUT2D eigenvalue weighted by Crippen LogP contribution is 2.14. The zero-order chi connectivity index (χ0) is 12.0. The lowest BCUT2D eigenvalue weighted by atomic mass is 10.2. The molecule has 92 valence electrons. The van der Waals surface area contributed by atoms with E-state index in [1.807, 2.05) is 6.92 Å². The summed E-state index contributed by atoms with van der Waals surface area (Å²) in [6.07, 6.45) is -2.64. The van der Waals surface area contributed by atoms with Crippen molar-refractivity contribution in [2.24, 2.45) is 0 Å². The zero-order valence-electron chi connectivity index (χ0n) is 8.84. The maximum Gasteiger partial charge on any atom is 0.411 e. The summed E-state index contributed by atoms with van der Waals surface area (Å²) in [5.41, 5.74) is 0.885. The van der Waals surface area contributed by atoms with E-state index in [-0.39, 0.29) is 12.6 Å². The van der Waals surface area contributed by atoms with Gasteiger partial charge in [0, 0.05) is 18.8 Å². The number of hydrogen-bond acceptors (Lipinski definition) is 3. The third-order valence-corrected chi connectivity index (χ3v) is 1.95. The summed E-state index contributed by atoms with van der Waals surface area (Å²) in [6.45, 7) is 1.07. The van der Waals surface area contributed by atoms with Gasteiger partial charge in [-0.05, 0) is 13.0 Å². The zero-order valence-corrected chi connectivity index (χ0v) is 8.84. The second-order valence-corrected chi connectivity index (χ2v) is 3.36. The number of aromatic amines is 1. The number of H-pyrrole nitrogens is 1. The van der Waals surface area contributed by atoms with Crippen LogP contribution >= 0.6 is 0 Å². The minimum atomic E-state index is -4.25. The second-order valence-electron chi connectivity index (χ2n) is 3.36. The quantitative estimate of drug-likeness (QED) is 0.739. The van der Waals surface area contributed by atoms with Gasteiger partial charge in [0.1, 0.15) is 6.61 Å². The van der Waals surface area contributed by atoms with E-state index in [2.05, 4.69) is 20.3 Å². The van der Waals surface area contributed by atoms with Crippen molar-refractivity contribution in [1.29, 1.82) is 0 Å². The standard InChI is InChI=1S/C9H14F3N3O/c1-7(8-2-3-14-15-8)13-4-5-16-6-9(10,11)12/h2-3,7,13H,4-6H2,1H3,(H,14,15). The first-order valence-electron chi connectivity index (χ1n) is 4.86. The first-order valence-corrected chi connectivity index (χ1v) is 4.86. The average Bonchev–Trinajstić information content (AvgIpc) is 2.67. The van der Waals surface area contributed by atoms with Crippen LogP contribution in [0.4, 0.5) is 13.2 Å². The summed E-state index contributed by atoms with van der Waals surface area (Å²) in [5, 5.41) is 9.55. The van der Waals surface area contributed by atoms with E-state index < -0.39 is 12.8 Å². The van der Waals surface area contributed by atoms with Crippen LogP contribution in [0.1, 0.15) is 18.7 Å². The topological polar surface area (TPSA) is 49.9 Å². The van der Waals surface area contributed by atoms with Gasteiger partial charge in [0.15, 0.2) is 0 Å². The number of nitrogens with zero attached hydrogens (tertiary/aromatic N) is 1. The minimum Gasteiger partial charge on any atom is -0.371 e. The summed E-state index contributed by atoms with van der Waals surface area (Å²) in [5.74, 6) is 0. The molecule has 1 unspecified atom stereocenters. The first-order chi connectivity index (χ1) is 7.49. The lowest BCUT2D eigenvalue weighted by Crippen LogP contribution is -2.26. The Kier molecular flexibility index (Phi) is 4.75. The van der Waals surface area contributed by atoms with E-state index in [1.54, 1.807) is 12.3 Å². The number of nitrogens with one attached hydrogen (secondary N) is 2. The van der Waals surface area contributed by atoms with Crippen molar-refractivity contribution in [3.8, 4) is 0 Å². The molecule has 1 rings (SSSR count). The third-order valence-electron chi connectivity index (χ3n) is 1.95. The van der Waals surface area contributed by atoms with Crippen LogP contribution in [0.15, 0.2) is 12.3 Å². The van der Waals surface area contributed by atoms with E-state index >= 15 is 0 Å². The van der Waals surface area contributed by atoms with Crippen LogP contribution in [0.2, 0.25) is 0 Å². The molecular formula is C9H14F3N3O. The van der Waals surface area contributed by atoms with Gasteiger partial charge < -0.3 is 10.1 Å². The number of aromatic nitrogens is 2. The molecule has 0 saturated carbocycles. The fourth-order valence-electron chi connectivity index (χ4n) is 1.15. The van der Waals surface area contributed by atoms with E-state index in [0.717, 1.165) is 5.69 Å². The highest BCUT2D eigenvalue weighted by Gasteiger charge is 2.27. The Bertz CT molecular complexity index is 287. The molecular weight excluding hydrogens is 223 g/mol. The highest BCUT2D eigenvalue weighted by molar-refractivity contribution is 5.02. The van der Waals surface area contributed by atoms with Gasteiger partial charge in [0.25, 0.3) is 0 Å². The van der Waals surface area contributed by atoms with Crippen molar-refractivity contribution < 1.29 is 17.9 Å². The molecule has 1 atom stereocenters. The number of hydrogen-bond donors (Lipinski definition) is 2. The van der Waals surface area contributed by atoms with E-state index in [4.69, 9.17) is 0 Å². The Hall–Kier alpha value is -1.08. The van der Waals surface area contributed by atoms with Gasteiger partial charge in [-0.1, -0.05) is 0 Å². The van der Waals surface area contributed by atoms with Crippen molar-refractivity contribution in [1.82, 2.24) is 15.5 Å². The maximum absolute atomic E-state index is 11.7. The van der Waals surface area contributed by atoms with Gasteiger partial charge in [-0.2, -0.15) is 18.3 Å². The van der Waals surface area contributed by atoms with Crippen LogP contribution < -0.4 is 5.32 Å². The molecule has 16 heavy (non-hydrogen) atoms. The van der Waals surface area contributed by atoms with Crippen LogP contribution in [0.25, 0.3) is 0 Å². The number of halogens is 3. The van der Waals surface area contributed by atoms with Gasteiger partial charge >= 0.3 is 6.18 Å². The maximum atomic E-state index is 11.7. The largest absolute Gasteiger partial charge is 0.411 e. The Balaban J connectivity index is 2.08. The Morgan fingerprint density at radius 1 is 1.56 bits per heavy atom. The molecule has 0 aliphatic rings. The van der Waals surface area contributed by atoms with E-state index in [0.29, 0.717) is 6.54 Å². The molecule has 0 aromatic carbocycles. The molecule has 0 saturated heterocycles. The van der Waals surface area contributed by atoms with Gasteiger partial charge in [0.2, 0.25) is 0 Å². The first kappa shape index (κ1) is 13.0. The fraction of sp³-hybridized carbons (Fsp3) is 0.667. The van der Waals surface area contributed by atoms with E-state index in [1.165, 1.54) is 0 Å². The van der Waals surface area contributed by atoms with Crippen LogP contribution in [-0.4, -0.2) is 36.1 Å². The minimum absolute atomic E-state index is 0.0111. The molecule has 1 aromatic heterocycles. The van der Waals surface area contributed by atoms with Crippen molar-refractivity contribution in [2.75, 3.05) is 19.8 Å². The van der Waals surface area contributed by atoms with Crippen LogP contribution in [-0.2, 0) is 4.74 Å². The smallest absolute Gasteiger partial charge is 0.371 e. The molecule has 4 nitrogen and oxygen atoms in total. The third kappa shape index (κ3) is 5.13. The molecule has 0 radical (unpaired) electrons. The summed E-state index contributed by atoms with van der Waals surface area (Å²) in [4.78, 5) is 0. The number of rotatable bonds is 6. The van der Waals surface area contributed by atoms with Gasteiger partial charge in [-0.15, -0.1) is 0 Å². The summed E-state index contributed by atoms with van der Waals surface area (Å²) >= 11 is 0. The Labute approximate surface area is 91.2 Å². The molecule has 0 aliphatic carbocycles. The molecule has 1 heterocycles. The monoisotopic (exact) mass is 237 g/mol. The van der Waals surface area contributed by atoms with Crippen molar-refractivity contribution in [3.63, 3.8) is 0 Å². The fourth-order valence-corrected chi connectivity index (χ4v) is 1.15. The summed E-state index contributed by atoms with van der Waals surface area (Å²) in [7, 11) is 0. The van der Waals surface area contributed by atoms with Crippen molar-refractivity contribution in [2.45, 2.75) is 19.1 Å². The predicted octanol–water partition coefficient (Wildman–Crippen LogP) is 1.64. The SMILES string of the molecule is CC(NCCOCC(F)(F)F)c1ccn[nH]1. The molecule has 2 N–H and O–H groups in total. The van der Waals surface area contributed by atoms with Crippen molar-refractivity contribution >= 4 is 0 Å². The number of alkyl halides is 3. The molecule has 0 aliphatic heterocycles. The van der Waals surface area contributed by atoms with Crippen LogP contribution in [0.5, 0.6) is 0 Å². The molecule has 7 heteroatoms. The average molecular weight is 237 g/mol. The van der Waals surface area contributed by atoms with Gasteiger partial charge in [0.05, 0.1) is 12.3 Å². The predicted molar refractivity (Wildman–Crippen MR) is 51.9 cm³/mol. The molecule has 0 bridgehead atoms. The van der Waals surface area contributed by atoms with Crippen LogP contribution in [0.3, 0.4) is 0 Å². The van der Waals surface area contributed by atoms with Crippen molar-refractivity contribution in [3.05, 3.63) is 18.0 Å². The normalized spacial score (nSPS) is 14.0. The van der Waals surface area contributed by atoms with Gasteiger partial charge in [-0.3, -0.25) is 5.10 Å². The van der Waals surface area contributed by atoms with Crippen LogP contribution in [0, 0.1) is 0 Å². The highest BCUT2D eigenvalue weighted by atomic mass is 19.4. The van der Waals surface area contributed by atoms with Gasteiger partial charge in [-0.25, -0.2) is 0 Å². The molecule has 0 spiro atoms. The van der Waals surface area contributed by atoms with E-state index in [9.17, 15) is 13.2 Å². The second kappa shape index (κ2) is 5.86. The number of ether oxygens (including phenoxy) is 1. The Morgan fingerprint density at radius 2 is 2.31 bits per heavy atom. The lowest BCUT2D eigenvalue weighted by molar-refractivity contribution is -0.173. The summed E-state index contributed by atoms with van der Waals surface area (Å²) < 4.78 is 39.6. The molecule has 0 amide bonds. The molecule has 1 aromatic rings.